The molecule has 1 aromatic heterocycles. The fraction of sp³-hybridized carbons (Fsp3) is 0.667. The van der Waals surface area contributed by atoms with Gasteiger partial charge < -0.3 is 10.0 Å². The molecule has 0 radical (unpaired) electrons. The van der Waals surface area contributed by atoms with E-state index >= 15 is 0 Å². The zero-order valence-electron chi connectivity index (χ0n) is 7.73. The van der Waals surface area contributed by atoms with Crippen molar-refractivity contribution in [3.63, 3.8) is 0 Å². The third kappa shape index (κ3) is 2.07. The molecule has 1 atom stereocenters. The molecule has 0 bridgehead atoms. The van der Waals surface area contributed by atoms with Crippen molar-refractivity contribution in [3.05, 3.63) is 16.6 Å². The SMILES string of the molecule is CN1CCC(O)(Cc2nccs2)C1. The molecule has 0 aliphatic carbocycles. The maximum Gasteiger partial charge on any atom is 0.0954 e. The molecule has 0 saturated carbocycles. The Morgan fingerprint density at radius 1 is 1.77 bits per heavy atom. The Hall–Kier alpha value is -0.450. The third-order valence-corrected chi connectivity index (χ3v) is 3.27. The summed E-state index contributed by atoms with van der Waals surface area (Å²) in [5.41, 5.74) is -0.535. The summed E-state index contributed by atoms with van der Waals surface area (Å²) in [5.74, 6) is 0. The minimum Gasteiger partial charge on any atom is -0.388 e. The number of likely N-dealkylation sites (tertiary alicyclic amines) is 1. The van der Waals surface area contributed by atoms with E-state index in [2.05, 4.69) is 9.88 Å². The summed E-state index contributed by atoms with van der Waals surface area (Å²) in [5, 5.41) is 13.2. The van der Waals surface area contributed by atoms with Crippen LogP contribution in [-0.4, -0.2) is 40.7 Å². The lowest BCUT2D eigenvalue weighted by Crippen LogP contribution is -2.34. The summed E-state index contributed by atoms with van der Waals surface area (Å²) >= 11 is 1.62. The minimum atomic E-state index is -0.535. The van der Waals surface area contributed by atoms with E-state index < -0.39 is 5.60 Å². The van der Waals surface area contributed by atoms with Crippen LogP contribution in [0, 0.1) is 0 Å². The van der Waals surface area contributed by atoms with E-state index in [0.717, 1.165) is 24.5 Å². The maximum atomic E-state index is 10.2. The van der Waals surface area contributed by atoms with Gasteiger partial charge in [-0.1, -0.05) is 0 Å². The van der Waals surface area contributed by atoms with Crippen molar-refractivity contribution in [2.24, 2.45) is 0 Å². The molecule has 0 aromatic carbocycles. The molecule has 2 heterocycles. The first-order valence-electron chi connectivity index (χ1n) is 4.47. The molecular formula is C9H14N2OS. The molecular weight excluding hydrogens is 184 g/mol. The standard InChI is InChI=1S/C9H14N2OS/c1-11-4-2-9(12,7-11)6-8-10-3-5-13-8/h3,5,12H,2,4,6-7H2,1H3. The highest BCUT2D eigenvalue weighted by atomic mass is 32.1. The molecule has 1 aliphatic rings. The minimum absolute atomic E-state index is 0.535. The van der Waals surface area contributed by atoms with Gasteiger partial charge in [0.05, 0.1) is 10.6 Å². The van der Waals surface area contributed by atoms with Gasteiger partial charge in [0.2, 0.25) is 0 Å². The second kappa shape index (κ2) is 3.36. The Kier molecular flexibility index (Phi) is 2.36. The second-order valence-corrected chi connectivity index (χ2v) is 4.79. The van der Waals surface area contributed by atoms with Crippen LogP contribution < -0.4 is 0 Å². The smallest absolute Gasteiger partial charge is 0.0954 e. The Bertz CT molecular complexity index is 275. The fourth-order valence-electron chi connectivity index (χ4n) is 1.83. The van der Waals surface area contributed by atoms with E-state index in [1.807, 2.05) is 12.4 Å². The molecule has 1 aliphatic heterocycles. The summed E-state index contributed by atoms with van der Waals surface area (Å²) in [4.78, 5) is 6.35. The quantitative estimate of drug-likeness (QED) is 0.762. The summed E-state index contributed by atoms with van der Waals surface area (Å²) in [6.07, 6.45) is 3.36. The van der Waals surface area contributed by atoms with E-state index in [4.69, 9.17) is 0 Å². The van der Waals surface area contributed by atoms with Gasteiger partial charge in [-0.15, -0.1) is 11.3 Å². The van der Waals surface area contributed by atoms with Crippen molar-refractivity contribution in [3.8, 4) is 0 Å². The highest BCUT2D eigenvalue weighted by Gasteiger charge is 2.34. The molecule has 3 nitrogen and oxygen atoms in total. The summed E-state index contributed by atoms with van der Waals surface area (Å²) in [6.45, 7) is 1.76. The first-order valence-corrected chi connectivity index (χ1v) is 5.35. The Balaban J connectivity index is 2.01. The number of nitrogens with zero attached hydrogens (tertiary/aromatic N) is 2. The molecule has 72 valence electrons. The van der Waals surface area contributed by atoms with Gasteiger partial charge in [0.25, 0.3) is 0 Å². The second-order valence-electron chi connectivity index (χ2n) is 3.81. The van der Waals surface area contributed by atoms with E-state index in [9.17, 15) is 5.11 Å². The molecule has 2 rings (SSSR count). The predicted molar refractivity (Wildman–Crippen MR) is 52.9 cm³/mol. The van der Waals surface area contributed by atoms with Crippen molar-refractivity contribution in [2.45, 2.75) is 18.4 Å². The summed E-state index contributed by atoms with van der Waals surface area (Å²) in [6, 6.07) is 0. The van der Waals surface area contributed by atoms with Crippen LogP contribution in [0.15, 0.2) is 11.6 Å². The van der Waals surface area contributed by atoms with Crippen LogP contribution in [0.25, 0.3) is 0 Å². The van der Waals surface area contributed by atoms with Crippen LogP contribution in [0.3, 0.4) is 0 Å². The fourth-order valence-corrected chi connectivity index (χ4v) is 2.58. The average Bonchev–Trinajstić information content (AvgIpc) is 2.62. The Morgan fingerprint density at radius 2 is 2.62 bits per heavy atom. The number of rotatable bonds is 2. The van der Waals surface area contributed by atoms with E-state index in [1.165, 1.54) is 0 Å². The molecule has 1 saturated heterocycles. The van der Waals surface area contributed by atoms with Crippen molar-refractivity contribution in [1.82, 2.24) is 9.88 Å². The zero-order chi connectivity index (χ0) is 9.31. The van der Waals surface area contributed by atoms with Crippen LogP contribution in [-0.2, 0) is 6.42 Å². The Morgan fingerprint density at radius 3 is 3.15 bits per heavy atom. The molecule has 13 heavy (non-hydrogen) atoms. The molecule has 1 unspecified atom stereocenters. The number of hydrogen-bond acceptors (Lipinski definition) is 4. The topological polar surface area (TPSA) is 36.4 Å². The Labute approximate surface area is 82.0 Å². The molecule has 1 aromatic rings. The van der Waals surface area contributed by atoms with Gasteiger partial charge in [-0.05, 0) is 13.5 Å². The van der Waals surface area contributed by atoms with Gasteiger partial charge in [0, 0.05) is 31.1 Å². The highest BCUT2D eigenvalue weighted by molar-refractivity contribution is 7.09. The molecule has 0 amide bonds. The van der Waals surface area contributed by atoms with Crippen LogP contribution in [0.4, 0.5) is 0 Å². The molecule has 0 spiro atoms. The monoisotopic (exact) mass is 198 g/mol. The van der Waals surface area contributed by atoms with E-state index in [1.54, 1.807) is 17.5 Å². The third-order valence-electron chi connectivity index (χ3n) is 2.49. The summed E-state index contributed by atoms with van der Waals surface area (Å²) < 4.78 is 0. The molecule has 1 N–H and O–H groups in total. The van der Waals surface area contributed by atoms with Gasteiger partial charge in [0.1, 0.15) is 0 Å². The maximum absolute atomic E-state index is 10.2. The first kappa shape index (κ1) is 9.12. The number of hydrogen-bond donors (Lipinski definition) is 1. The average molecular weight is 198 g/mol. The van der Waals surface area contributed by atoms with Crippen LogP contribution in [0.5, 0.6) is 0 Å². The molecule has 4 heteroatoms. The van der Waals surface area contributed by atoms with Gasteiger partial charge in [-0.25, -0.2) is 4.98 Å². The van der Waals surface area contributed by atoms with Gasteiger partial charge in [-0.3, -0.25) is 0 Å². The van der Waals surface area contributed by atoms with Gasteiger partial charge >= 0.3 is 0 Å². The lowest BCUT2D eigenvalue weighted by molar-refractivity contribution is 0.0523. The van der Waals surface area contributed by atoms with Crippen molar-refractivity contribution in [2.75, 3.05) is 20.1 Å². The largest absolute Gasteiger partial charge is 0.388 e. The first-order chi connectivity index (χ1) is 6.18. The van der Waals surface area contributed by atoms with Crippen LogP contribution >= 0.6 is 11.3 Å². The van der Waals surface area contributed by atoms with Crippen LogP contribution in [0.2, 0.25) is 0 Å². The summed E-state index contributed by atoms with van der Waals surface area (Å²) in [7, 11) is 2.04. The number of likely N-dealkylation sites (N-methyl/N-ethyl adjacent to an activating group) is 1. The number of aromatic nitrogens is 1. The van der Waals surface area contributed by atoms with Crippen molar-refractivity contribution >= 4 is 11.3 Å². The normalized spacial score (nSPS) is 29.7. The highest BCUT2D eigenvalue weighted by Crippen LogP contribution is 2.24. The lowest BCUT2D eigenvalue weighted by atomic mass is 10.00. The van der Waals surface area contributed by atoms with Crippen molar-refractivity contribution < 1.29 is 5.11 Å². The lowest BCUT2D eigenvalue weighted by Gasteiger charge is -2.20. The number of thiazole rings is 1. The van der Waals surface area contributed by atoms with E-state index in [0.29, 0.717) is 6.42 Å². The van der Waals surface area contributed by atoms with Crippen LogP contribution in [0.1, 0.15) is 11.4 Å². The van der Waals surface area contributed by atoms with Crippen molar-refractivity contribution in [1.29, 1.82) is 0 Å². The van der Waals surface area contributed by atoms with Gasteiger partial charge in [0.15, 0.2) is 0 Å². The van der Waals surface area contributed by atoms with E-state index in [-0.39, 0.29) is 0 Å². The number of β-amino-alcohol motifs (C(OH)–C–C–N with tert-alkyl or cyclic N) is 1. The number of aliphatic hydroxyl groups is 1. The molecule has 1 fully saturated rings. The predicted octanol–water partition coefficient (Wildman–Crippen LogP) is 0.752. The zero-order valence-corrected chi connectivity index (χ0v) is 8.55. The van der Waals surface area contributed by atoms with Gasteiger partial charge in [-0.2, -0.15) is 0 Å².